The molecule has 16 heavy (non-hydrogen) atoms. The Hall–Kier alpha value is -0.580. The van der Waals surface area contributed by atoms with Crippen LogP contribution in [0, 0.1) is 0 Å². The van der Waals surface area contributed by atoms with Crippen LogP contribution in [0.25, 0.3) is 0 Å². The minimum Gasteiger partial charge on any atom is -0.495 e. The minimum absolute atomic E-state index is 0. The van der Waals surface area contributed by atoms with Crippen molar-refractivity contribution >= 4 is 34.6 Å². The van der Waals surface area contributed by atoms with Crippen LogP contribution >= 0.6 is 28.3 Å². The fraction of sp³-hybridized carbons (Fsp3) is 0.364. The summed E-state index contributed by atoms with van der Waals surface area (Å²) in [5.41, 5.74) is 1.65. The first-order valence-corrected chi connectivity index (χ1v) is 5.34. The van der Waals surface area contributed by atoms with Gasteiger partial charge in [0.1, 0.15) is 12.0 Å². The zero-order valence-electron chi connectivity index (χ0n) is 9.49. The van der Waals surface area contributed by atoms with Crippen molar-refractivity contribution in [3.63, 3.8) is 0 Å². The molecule has 0 unspecified atom stereocenters. The van der Waals surface area contributed by atoms with E-state index in [-0.39, 0.29) is 12.4 Å². The van der Waals surface area contributed by atoms with Gasteiger partial charge < -0.3 is 9.64 Å². The van der Waals surface area contributed by atoms with Crippen LogP contribution in [0.15, 0.2) is 16.6 Å². The van der Waals surface area contributed by atoms with Crippen LogP contribution in [0.5, 0.6) is 5.75 Å². The van der Waals surface area contributed by atoms with Crippen molar-refractivity contribution in [2.45, 2.75) is 6.54 Å². The van der Waals surface area contributed by atoms with Crippen molar-refractivity contribution in [1.29, 1.82) is 0 Å². The quantitative estimate of drug-likeness (QED) is 0.801. The molecule has 0 fully saturated rings. The van der Waals surface area contributed by atoms with Crippen LogP contribution in [0.3, 0.4) is 0 Å². The summed E-state index contributed by atoms with van der Waals surface area (Å²) in [6.45, 7) is 0.740. The van der Waals surface area contributed by atoms with Gasteiger partial charge in [0.2, 0.25) is 0 Å². The van der Waals surface area contributed by atoms with Crippen LogP contribution < -0.4 is 4.74 Å². The maximum absolute atomic E-state index is 10.7. The number of ether oxygens (including phenoxy) is 1. The molecule has 1 rings (SSSR count). The van der Waals surface area contributed by atoms with Gasteiger partial charge in [-0.1, -0.05) is 0 Å². The second-order valence-electron chi connectivity index (χ2n) is 3.55. The van der Waals surface area contributed by atoms with E-state index in [9.17, 15) is 4.79 Å². The lowest BCUT2D eigenvalue weighted by atomic mass is 10.1. The maximum Gasteiger partial charge on any atom is 0.150 e. The Bertz CT molecular complexity index is 369. The molecule has 3 nitrogen and oxygen atoms in total. The molecule has 5 heteroatoms. The van der Waals surface area contributed by atoms with Gasteiger partial charge in [0.25, 0.3) is 0 Å². The number of hydrogen-bond acceptors (Lipinski definition) is 3. The number of benzene rings is 1. The van der Waals surface area contributed by atoms with Crippen molar-refractivity contribution < 1.29 is 9.53 Å². The highest BCUT2D eigenvalue weighted by Crippen LogP contribution is 2.30. The summed E-state index contributed by atoms with van der Waals surface area (Å²) < 4.78 is 6.10. The third-order valence-corrected chi connectivity index (χ3v) is 2.56. The van der Waals surface area contributed by atoms with Gasteiger partial charge in [0, 0.05) is 17.7 Å². The Morgan fingerprint density at radius 1 is 1.44 bits per heavy atom. The van der Waals surface area contributed by atoms with Gasteiger partial charge in [0.15, 0.2) is 0 Å². The first-order valence-electron chi connectivity index (χ1n) is 4.54. The smallest absolute Gasteiger partial charge is 0.150 e. The molecule has 0 saturated heterocycles. The van der Waals surface area contributed by atoms with E-state index in [0.717, 1.165) is 28.6 Å². The Kier molecular flexibility index (Phi) is 6.64. The number of methoxy groups -OCH3 is 1. The zero-order chi connectivity index (χ0) is 11.4. The summed E-state index contributed by atoms with van der Waals surface area (Å²) in [5.74, 6) is 0.786. The summed E-state index contributed by atoms with van der Waals surface area (Å²) in [6, 6.07) is 3.60. The standard InChI is InChI=1S/C11H14BrNO2.ClH/c1-13(2)6-9-4-8(7-14)5-10(12)11(9)15-3;/h4-5,7H,6H2,1-3H3;1H. The molecular formula is C11H15BrClNO2. The second kappa shape index (κ2) is 6.89. The average molecular weight is 309 g/mol. The average Bonchev–Trinajstić information content (AvgIpc) is 2.16. The van der Waals surface area contributed by atoms with E-state index in [0.29, 0.717) is 5.56 Å². The SMILES string of the molecule is COc1c(Br)cc(C=O)cc1CN(C)C.Cl. The Balaban J connectivity index is 0.00000225. The second-order valence-corrected chi connectivity index (χ2v) is 4.41. The van der Waals surface area contributed by atoms with E-state index < -0.39 is 0 Å². The molecule has 0 radical (unpaired) electrons. The predicted molar refractivity (Wildman–Crippen MR) is 70.7 cm³/mol. The molecule has 90 valence electrons. The van der Waals surface area contributed by atoms with E-state index >= 15 is 0 Å². The normalized spacial score (nSPS) is 9.81. The molecule has 0 atom stereocenters. The van der Waals surface area contributed by atoms with Crippen molar-refractivity contribution in [2.24, 2.45) is 0 Å². The maximum atomic E-state index is 10.7. The number of aldehydes is 1. The fourth-order valence-corrected chi connectivity index (χ4v) is 2.11. The van der Waals surface area contributed by atoms with E-state index in [1.807, 2.05) is 25.1 Å². The number of rotatable bonds is 4. The van der Waals surface area contributed by atoms with Crippen LogP contribution in [0.1, 0.15) is 15.9 Å². The van der Waals surface area contributed by atoms with Crippen LogP contribution in [-0.2, 0) is 6.54 Å². The van der Waals surface area contributed by atoms with Crippen LogP contribution in [-0.4, -0.2) is 32.4 Å². The van der Waals surface area contributed by atoms with Crippen molar-refractivity contribution in [3.8, 4) is 5.75 Å². The molecule has 0 saturated carbocycles. The number of carbonyl (C=O) groups excluding carboxylic acids is 1. The van der Waals surface area contributed by atoms with Gasteiger partial charge in [0.05, 0.1) is 11.6 Å². The van der Waals surface area contributed by atoms with Crippen molar-refractivity contribution in [2.75, 3.05) is 21.2 Å². The molecule has 1 aromatic carbocycles. The summed E-state index contributed by atoms with van der Waals surface area (Å²) >= 11 is 3.39. The number of carbonyl (C=O) groups is 1. The van der Waals surface area contributed by atoms with Gasteiger partial charge in [-0.05, 0) is 42.2 Å². The first-order chi connectivity index (χ1) is 7.08. The van der Waals surface area contributed by atoms with Gasteiger partial charge >= 0.3 is 0 Å². The zero-order valence-corrected chi connectivity index (χ0v) is 11.9. The summed E-state index contributed by atoms with van der Waals surface area (Å²) in [6.07, 6.45) is 0.837. The lowest BCUT2D eigenvalue weighted by molar-refractivity contribution is 0.112. The molecule has 0 spiro atoms. The number of nitrogens with zero attached hydrogens (tertiary/aromatic N) is 1. The number of hydrogen-bond donors (Lipinski definition) is 0. The third-order valence-electron chi connectivity index (χ3n) is 1.97. The van der Waals surface area contributed by atoms with Gasteiger partial charge in [-0.25, -0.2) is 0 Å². The van der Waals surface area contributed by atoms with E-state index in [4.69, 9.17) is 4.74 Å². The molecular weight excluding hydrogens is 293 g/mol. The van der Waals surface area contributed by atoms with E-state index in [1.165, 1.54) is 0 Å². The molecule has 0 heterocycles. The summed E-state index contributed by atoms with van der Waals surface area (Å²) in [5, 5.41) is 0. The molecule has 1 aromatic rings. The summed E-state index contributed by atoms with van der Waals surface area (Å²) in [7, 11) is 5.57. The molecule has 0 amide bonds. The highest BCUT2D eigenvalue weighted by Gasteiger charge is 2.10. The Morgan fingerprint density at radius 2 is 2.06 bits per heavy atom. The molecule has 0 aliphatic heterocycles. The highest BCUT2D eigenvalue weighted by atomic mass is 79.9. The molecule has 0 N–H and O–H groups in total. The lowest BCUT2D eigenvalue weighted by Gasteiger charge is -2.15. The fourth-order valence-electron chi connectivity index (χ4n) is 1.43. The minimum atomic E-state index is 0. The molecule has 0 aliphatic carbocycles. The third kappa shape index (κ3) is 3.77. The van der Waals surface area contributed by atoms with Crippen LogP contribution in [0.2, 0.25) is 0 Å². The van der Waals surface area contributed by atoms with Crippen molar-refractivity contribution in [1.82, 2.24) is 4.90 Å². The predicted octanol–water partition coefficient (Wildman–Crippen LogP) is 2.75. The van der Waals surface area contributed by atoms with Crippen LogP contribution in [0.4, 0.5) is 0 Å². The van der Waals surface area contributed by atoms with Gasteiger partial charge in [-0.3, -0.25) is 4.79 Å². The largest absolute Gasteiger partial charge is 0.495 e. The molecule has 0 bridgehead atoms. The lowest BCUT2D eigenvalue weighted by Crippen LogP contribution is -2.12. The Morgan fingerprint density at radius 3 is 2.50 bits per heavy atom. The van der Waals surface area contributed by atoms with Gasteiger partial charge in [-0.15, -0.1) is 12.4 Å². The monoisotopic (exact) mass is 307 g/mol. The first kappa shape index (κ1) is 15.4. The van der Waals surface area contributed by atoms with Gasteiger partial charge in [-0.2, -0.15) is 0 Å². The van der Waals surface area contributed by atoms with E-state index in [1.54, 1.807) is 13.2 Å². The number of halogens is 2. The molecule has 0 aliphatic rings. The Labute approximate surface area is 110 Å². The van der Waals surface area contributed by atoms with E-state index in [2.05, 4.69) is 15.9 Å². The van der Waals surface area contributed by atoms with Crippen molar-refractivity contribution in [3.05, 3.63) is 27.7 Å². The highest BCUT2D eigenvalue weighted by molar-refractivity contribution is 9.10. The summed E-state index contributed by atoms with van der Waals surface area (Å²) in [4.78, 5) is 12.7. The topological polar surface area (TPSA) is 29.5 Å². The molecule has 0 aromatic heterocycles.